The number of quaternary nitrogens is 1. The highest BCUT2D eigenvalue weighted by Gasteiger charge is 2.21. The predicted octanol–water partition coefficient (Wildman–Crippen LogP) is 0.895. The van der Waals surface area contributed by atoms with E-state index in [2.05, 4.69) is 9.88 Å². The van der Waals surface area contributed by atoms with Crippen LogP contribution in [0, 0.1) is 10.1 Å². The number of nitro benzene ring substituents is 1. The van der Waals surface area contributed by atoms with Gasteiger partial charge in [0, 0.05) is 23.9 Å². The third-order valence-electron chi connectivity index (χ3n) is 4.05. The van der Waals surface area contributed by atoms with Crippen molar-refractivity contribution >= 4 is 11.5 Å². The normalized spacial score (nSPS) is 15.7. The Labute approximate surface area is 129 Å². The fourth-order valence-corrected chi connectivity index (χ4v) is 2.79. The van der Waals surface area contributed by atoms with E-state index in [1.807, 2.05) is 36.5 Å². The molecule has 0 radical (unpaired) electrons. The fraction of sp³-hybridized carbons (Fsp3) is 0.312. The zero-order chi connectivity index (χ0) is 15.4. The molecular weight excluding hydrogens is 280 g/mol. The number of aromatic nitrogens is 1. The van der Waals surface area contributed by atoms with Gasteiger partial charge in [-0.25, -0.2) is 4.98 Å². The minimum absolute atomic E-state index is 0.152. The molecule has 0 amide bonds. The van der Waals surface area contributed by atoms with Gasteiger partial charge in [-0.1, -0.05) is 6.07 Å². The summed E-state index contributed by atoms with van der Waals surface area (Å²) in [6.07, 6.45) is 1.82. The van der Waals surface area contributed by atoms with Gasteiger partial charge in [-0.05, 0) is 24.3 Å². The van der Waals surface area contributed by atoms with E-state index in [9.17, 15) is 10.1 Å². The van der Waals surface area contributed by atoms with Gasteiger partial charge in [0.1, 0.15) is 12.4 Å². The first-order valence-electron chi connectivity index (χ1n) is 7.45. The van der Waals surface area contributed by atoms with Crippen molar-refractivity contribution in [2.24, 2.45) is 0 Å². The number of nitro groups is 1. The number of pyridine rings is 1. The molecule has 2 heterocycles. The van der Waals surface area contributed by atoms with Gasteiger partial charge in [0.05, 0.1) is 31.1 Å². The first-order valence-corrected chi connectivity index (χ1v) is 7.45. The summed E-state index contributed by atoms with van der Waals surface area (Å²) in [5.74, 6) is 1.04. The van der Waals surface area contributed by atoms with Crippen LogP contribution >= 0.6 is 0 Å². The Hall–Kier alpha value is -2.47. The summed E-state index contributed by atoms with van der Waals surface area (Å²) in [4.78, 5) is 18.5. The van der Waals surface area contributed by atoms with Gasteiger partial charge in [-0.2, -0.15) is 0 Å². The van der Waals surface area contributed by atoms with Crippen molar-refractivity contribution in [1.29, 1.82) is 0 Å². The number of nitrogens with zero attached hydrogens (tertiary/aromatic N) is 3. The Balaban J connectivity index is 1.54. The number of non-ortho nitro benzene ring substituents is 1. The van der Waals surface area contributed by atoms with Crippen LogP contribution in [-0.2, 0) is 6.54 Å². The van der Waals surface area contributed by atoms with Gasteiger partial charge < -0.3 is 9.80 Å². The summed E-state index contributed by atoms with van der Waals surface area (Å²) in [6, 6.07) is 12.9. The smallest absolute Gasteiger partial charge is 0.269 e. The lowest BCUT2D eigenvalue weighted by Crippen LogP contribution is -3.13. The lowest BCUT2D eigenvalue weighted by atomic mass is 10.2. The number of rotatable bonds is 4. The molecule has 0 unspecified atom stereocenters. The van der Waals surface area contributed by atoms with E-state index in [0.717, 1.165) is 44.1 Å². The minimum Gasteiger partial charge on any atom is -0.345 e. The monoisotopic (exact) mass is 299 g/mol. The van der Waals surface area contributed by atoms with Gasteiger partial charge in [0.15, 0.2) is 0 Å². The van der Waals surface area contributed by atoms with E-state index in [-0.39, 0.29) is 10.6 Å². The second-order valence-electron chi connectivity index (χ2n) is 5.53. The summed E-state index contributed by atoms with van der Waals surface area (Å²) < 4.78 is 0. The van der Waals surface area contributed by atoms with Crippen molar-refractivity contribution < 1.29 is 9.82 Å². The Morgan fingerprint density at radius 2 is 1.86 bits per heavy atom. The number of nitrogens with one attached hydrogen (secondary N) is 1. The molecule has 1 aliphatic heterocycles. The molecule has 1 aliphatic rings. The number of anilines is 1. The van der Waals surface area contributed by atoms with Crippen LogP contribution in [0.5, 0.6) is 0 Å². The zero-order valence-electron chi connectivity index (χ0n) is 12.3. The van der Waals surface area contributed by atoms with Crippen LogP contribution in [0.25, 0.3) is 0 Å². The maximum absolute atomic E-state index is 10.7. The Bertz CT molecular complexity index is 622. The van der Waals surface area contributed by atoms with E-state index < -0.39 is 0 Å². The van der Waals surface area contributed by atoms with Gasteiger partial charge >= 0.3 is 0 Å². The number of hydrogen-bond donors (Lipinski definition) is 1. The number of hydrogen-bond acceptors (Lipinski definition) is 4. The van der Waals surface area contributed by atoms with E-state index >= 15 is 0 Å². The lowest BCUT2D eigenvalue weighted by Gasteiger charge is -2.32. The largest absolute Gasteiger partial charge is 0.345 e. The molecule has 0 atom stereocenters. The van der Waals surface area contributed by atoms with Crippen molar-refractivity contribution in [2.75, 3.05) is 31.1 Å². The third-order valence-corrected chi connectivity index (χ3v) is 4.05. The molecule has 1 N–H and O–H groups in total. The van der Waals surface area contributed by atoms with Gasteiger partial charge in [0.2, 0.25) is 0 Å². The molecule has 6 nitrogen and oxygen atoms in total. The maximum Gasteiger partial charge on any atom is 0.269 e. The molecule has 1 aromatic carbocycles. The average molecular weight is 299 g/mol. The topological polar surface area (TPSA) is 63.7 Å². The molecule has 6 heteroatoms. The molecule has 114 valence electrons. The number of benzene rings is 1. The quantitative estimate of drug-likeness (QED) is 0.673. The molecule has 0 aliphatic carbocycles. The average Bonchev–Trinajstić information content (AvgIpc) is 2.57. The lowest BCUT2D eigenvalue weighted by molar-refractivity contribution is -0.914. The molecular formula is C16H19N4O2+. The van der Waals surface area contributed by atoms with Crippen LogP contribution < -0.4 is 9.80 Å². The molecule has 1 aromatic heterocycles. The van der Waals surface area contributed by atoms with E-state index in [4.69, 9.17) is 0 Å². The van der Waals surface area contributed by atoms with Gasteiger partial charge in [-0.15, -0.1) is 0 Å². The minimum atomic E-state index is -0.359. The maximum atomic E-state index is 10.7. The van der Waals surface area contributed by atoms with Gasteiger partial charge in [-0.3, -0.25) is 10.1 Å². The summed E-state index contributed by atoms with van der Waals surface area (Å²) in [5, 5.41) is 10.7. The molecule has 1 saturated heterocycles. The highest BCUT2D eigenvalue weighted by atomic mass is 16.6. The van der Waals surface area contributed by atoms with E-state index in [0.29, 0.717) is 0 Å². The zero-order valence-corrected chi connectivity index (χ0v) is 12.3. The highest BCUT2D eigenvalue weighted by molar-refractivity contribution is 5.37. The molecule has 0 saturated carbocycles. The van der Waals surface area contributed by atoms with Crippen LogP contribution in [0.2, 0.25) is 0 Å². The first kappa shape index (κ1) is 14.5. The van der Waals surface area contributed by atoms with E-state index in [1.165, 1.54) is 4.90 Å². The summed E-state index contributed by atoms with van der Waals surface area (Å²) in [7, 11) is 0. The standard InChI is InChI=1S/C16H18N4O2/c21-20(22)15-6-4-14(5-7-15)13-18-9-11-19(12-10-18)16-3-1-2-8-17-16/h1-8H,9-13H2/p+1. The second-order valence-corrected chi connectivity index (χ2v) is 5.53. The molecule has 3 rings (SSSR count). The van der Waals surface area contributed by atoms with Crippen molar-refractivity contribution in [3.8, 4) is 0 Å². The molecule has 0 bridgehead atoms. The van der Waals surface area contributed by atoms with E-state index in [1.54, 1.807) is 12.1 Å². The van der Waals surface area contributed by atoms with Crippen LogP contribution in [0.15, 0.2) is 48.7 Å². The third kappa shape index (κ3) is 3.40. The molecule has 1 fully saturated rings. The van der Waals surface area contributed by atoms with Gasteiger partial charge in [0.25, 0.3) is 5.69 Å². The van der Waals surface area contributed by atoms with Crippen LogP contribution in [0.3, 0.4) is 0 Å². The predicted molar refractivity (Wildman–Crippen MR) is 83.9 cm³/mol. The van der Waals surface area contributed by atoms with Crippen molar-refractivity contribution in [3.05, 3.63) is 64.3 Å². The Morgan fingerprint density at radius 3 is 2.45 bits per heavy atom. The summed E-state index contributed by atoms with van der Waals surface area (Å²) in [5.41, 5.74) is 1.30. The molecule has 22 heavy (non-hydrogen) atoms. The molecule has 2 aromatic rings. The number of piperazine rings is 1. The van der Waals surface area contributed by atoms with Crippen molar-refractivity contribution in [2.45, 2.75) is 6.54 Å². The van der Waals surface area contributed by atoms with Crippen molar-refractivity contribution in [3.63, 3.8) is 0 Å². The summed E-state index contributed by atoms with van der Waals surface area (Å²) in [6.45, 7) is 4.98. The SMILES string of the molecule is O=[N+]([O-])c1ccc(C[NH+]2CCN(c3ccccn3)CC2)cc1. The van der Waals surface area contributed by atoms with Crippen LogP contribution in [0.4, 0.5) is 11.5 Å². The first-order chi connectivity index (χ1) is 10.7. The summed E-state index contributed by atoms with van der Waals surface area (Å²) >= 11 is 0. The van der Waals surface area contributed by atoms with Crippen LogP contribution in [-0.4, -0.2) is 36.1 Å². The highest BCUT2D eigenvalue weighted by Crippen LogP contribution is 2.12. The second kappa shape index (κ2) is 6.53. The Morgan fingerprint density at radius 1 is 1.14 bits per heavy atom. The molecule has 0 spiro atoms. The van der Waals surface area contributed by atoms with Crippen molar-refractivity contribution in [1.82, 2.24) is 4.98 Å². The Kier molecular flexibility index (Phi) is 4.29. The fourth-order valence-electron chi connectivity index (χ4n) is 2.79. The van der Waals surface area contributed by atoms with Crippen LogP contribution in [0.1, 0.15) is 5.56 Å².